The number of benzene rings is 1. The minimum atomic E-state index is -0.286. The van der Waals surface area contributed by atoms with E-state index in [1.165, 1.54) is 0 Å². The molecule has 1 aromatic carbocycles. The number of hydrogen-bond acceptors (Lipinski definition) is 2. The summed E-state index contributed by atoms with van der Waals surface area (Å²) in [5.41, 5.74) is 1.64. The molecule has 82 valence electrons. The Labute approximate surface area is 95.9 Å². The molecular weight excluding hydrogens is 200 g/mol. The first kappa shape index (κ1) is 12.1. The van der Waals surface area contributed by atoms with Crippen molar-refractivity contribution in [1.29, 1.82) is 0 Å². The van der Waals surface area contributed by atoms with E-state index in [9.17, 15) is 4.79 Å². The first-order chi connectivity index (χ1) is 7.77. The second kappa shape index (κ2) is 6.47. The average Bonchev–Trinajstić information content (AvgIpc) is 2.30. The zero-order valence-corrected chi connectivity index (χ0v) is 9.32. The lowest BCUT2D eigenvalue weighted by Gasteiger charge is -2.01. The Kier molecular flexibility index (Phi) is 4.88. The standard InChI is InChI=1S/C14H14O2/c1-3-5-6-7-12-8-10-13(11-9-12)14(15)16-4-2/h3,8-11H,1,4,7H2,2H3. The van der Waals surface area contributed by atoms with Gasteiger partial charge in [0.1, 0.15) is 0 Å². The van der Waals surface area contributed by atoms with Crippen LogP contribution in [0.5, 0.6) is 0 Å². The van der Waals surface area contributed by atoms with Gasteiger partial charge in [-0.15, -0.1) is 0 Å². The van der Waals surface area contributed by atoms with Crippen LogP contribution < -0.4 is 0 Å². The number of carbonyl (C=O) groups excluding carboxylic acids is 1. The predicted octanol–water partition coefficient (Wildman–Crippen LogP) is 2.60. The first-order valence-corrected chi connectivity index (χ1v) is 5.13. The summed E-state index contributed by atoms with van der Waals surface area (Å²) < 4.78 is 4.89. The Balaban J connectivity index is 2.67. The number of esters is 1. The van der Waals surface area contributed by atoms with Gasteiger partial charge in [-0.1, -0.05) is 30.6 Å². The fourth-order valence-electron chi connectivity index (χ4n) is 1.20. The van der Waals surface area contributed by atoms with E-state index in [1.807, 2.05) is 12.1 Å². The third-order valence-corrected chi connectivity index (χ3v) is 1.96. The van der Waals surface area contributed by atoms with Gasteiger partial charge in [-0.05, 0) is 30.7 Å². The predicted molar refractivity (Wildman–Crippen MR) is 64.1 cm³/mol. The third-order valence-electron chi connectivity index (χ3n) is 1.96. The molecule has 0 fully saturated rings. The van der Waals surface area contributed by atoms with Crippen LogP contribution in [0.2, 0.25) is 0 Å². The van der Waals surface area contributed by atoms with Gasteiger partial charge >= 0.3 is 5.97 Å². The Morgan fingerprint density at radius 1 is 1.44 bits per heavy atom. The summed E-state index contributed by atoms with van der Waals surface area (Å²) in [7, 11) is 0. The fraction of sp³-hybridized carbons (Fsp3) is 0.214. The highest BCUT2D eigenvalue weighted by atomic mass is 16.5. The van der Waals surface area contributed by atoms with Crippen molar-refractivity contribution >= 4 is 5.97 Å². The van der Waals surface area contributed by atoms with Gasteiger partial charge in [0.15, 0.2) is 0 Å². The molecule has 0 aliphatic carbocycles. The summed E-state index contributed by atoms with van der Waals surface area (Å²) in [6, 6.07) is 7.26. The highest BCUT2D eigenvalue weighted by Crippen LogP contribution is 2.06. The highest BCUT2D eigenvalue weighted by molar-refractivity contribution is 5.89. The maximum absolute atomic E-state index is 11.4. The van der Waals surface area contributed by atoms with Gasteiger partial charge in [0, 0.05) is 6.42 Å². The number of rotatable bonds is 3. The second-order valence-electron chi connectivity index (χ2n) is 3.12. The van der Waals surface area contributed by atoms with Crippen molar-refractivity contribution in [2.24, 2.45) is 0 Å². The monoisotopic (exact) mass is 214 g/mol. The van der Waals surface area contributed by atoms with E-state index >= 15 is 0 Å². The minimum absolute atomic E-state index is 0.286. The molecule has 16 heavy (non-hydrogen) atoms. The third kappa shape index (κ3) is 3.62. The number of hydrogen-bond donors (Lipinski definition) is 0. The normalized spacial score (nSPS) is 8.81. The Bertz CT molecular complexity index is 418. The first-order valence-electron chi connectivity index (χ1n) is 5.13. The van der Waals surface area contributed by atoms with E-state index in [2.05, 4.69) is 18.4 Å². The molecule has 0 aliphatic heterocycles. The van der Waals surface area contributed by atoms with E-state index in [1.54, 1.807) is 25.1 Å². The van der Waals surface area contributed by atoms with Crippen LogP contribution in [-0.2, 0) is 11.2 Å². The Morgan fingerprint density at radius 2 is 2.12 bits per heavy atom. The van der Waals surface area contributed by atoms with Gasteiger partial charge in [0.05, 0.1) is 12.2 Å². The van der Waals surface area contributed by atoms with Crippen LogP contribution in [0.15, 0.2) is 36.9 Å². The quantitative estimate of drug-likeness (QED) is 0.571. The molecule has 0 heterocycles. The van der Waals surface area contributed by atoms with E-state index in [-0.39, 0.29) is 5.97 Å². The zero-order valence-electron chi connectivity index (χ0n) is 9.32. The molecule has 0 spiro atoms. The molecule has 1 aromatic rings. The summed E-state index contributed by atoms with van der Waals surface area (Å²) in [6.45, 7) is 5.70. The van der Waals surface area contributed by atoms with Crippen LogP contribution in [0, 0.1) is 11.8 Å². The molecule has 0 atom stereocenters. The van der Waals surface area contributed by atoms with Gasteiger partial charge in [0.25, 0.3) is 0 Å². The van der Waals surface area contributed by atoms with Crippen molar-refractivity contribution < 1.29 is 9.53 Å². The molecule has 1 rings (SSSR count). The van der Waals surface area contributed by atoms with Gasteiger partial charge in [-0.25, -0.2) is 4.79 Å². The lowest BCUT2D eigenvalue weighted by molar-refractivity contribution is 0.0526. The van der Waals surface area contributed by atoms with Gasteiger partial charge in [-0.2, -0.15) is 0 Å². The van der Waals surface area contributed by atoms with Crippen LogP contribution in [0.25, 0.3) is 0 Å². The van der Waals surface area contributed by atoms with Crippen LogP contribution >= 0.6 is 0 Å². The topological polar surface area (TPSA) is 26.3 Å². The molecule has 0 saturated heterocycles. The maximum atomic E-state index is 11.4. The maximum Gasteiger partial charge on any atom is 0.338 e. The molecule has 0 radical (unpaired) electrons. The van der Waals surface area contributed by atoms with Crippen LogP contribution in [0.4, 0.5) is 0 Å². The van der Waals surface area contributed by atoms with E-state index < -0.39 is 0 Å². The molecule has 2 nitrogen and oxygen atoms in total. The van der Waals surface area contributed by atoms with Gasteiger partial charge < -0.3 is 4.74 Å². The van der Waals surface area contributed by atoms with Crippen molar-refractivity contribution in [3.05, 3.63) is 48.0 Å². The van der Waals surface area contributed by atoms with Crippen molar-refractivity contribution in [2.75, 3.05) is 6.61 Å². The smallest absolute Gasteiger partial charge is 0.338 e. The lowest BCUT2D eigenvalue weighted by Crippen LogP contribution is -2.04. The lowest BCUT2D eigenvalue weighted by atomic mass is 10.1. The van der Waals surface area contributed by atoms with Crippen molar-refractivity contribution in [3.63, 3.8) is 0 Å². The minimum Gasteiger partial charge on any atom is -0.462 e. The highest BCUT2D eigenvalue weighted by Gasteiger charge is 2.04. The van der Waals surface area contributed by atoms with E-state index in [0.29, 0.717) is 18.6 Å². The van der Waals surface area contributed by atoms with Crippen LogP contribution in [0.1, 0.15) is 22.8 Å². The van der Waals surface area contributed by atoms with Gasteiger partial charge in [0.2, 0.25) is 0 Å². The molecular formula is C14H14O2. The van der Waals surface area contributed by atoms with Crippen LogP contribution in [-0.4, -0.2) is 12.6 Å². The molecule has 2 heteroatoms. The number of ether oxygens (including phenoxy) is 1. The molecule has 0 aromatic heterocycles. The summed E-state index contributed by atoms with van der Waals surface area (Å²) in [5, 5.41) is 0. The van der Waals surface area contributed by atoms with Crippen LogP contribution in [0.3, 0.4) is 0 Å². The zero-order chi connectivity index (χ0) is 11.8. The van der Waals surface area contributed by atoms with E-state index in [4.69, 9.17) is 4.74 Å². The summed E-state index contributed by atoms with van der Waals surface area (Å²) >= 11 is 0. The summed E-state index contributed by atoms with van der Waals surface area (Å²) in [4.78, 5) is 11.4. The second-order valence-corrected chi connectivity index (χ2v) is 3.12. The Morgan fingerprint density at radius 3 is 2.69 bits per heavy atom. The van der Waals surface area contributed by atoms with Crippen molar-refractivity contribution in [3.8, 4) is 11.8 Å². The number of carbonyl (C=O) groups is 1. The summed E-state index contributed by atoms with van der Waals surface area (Å²) in [5.74, 6) is 5.43. The summed E-state index contributed by atoms with van der Waals surface area (Å²) in [6.07, 6.45) is 2.22. The van der Waals surface area contributed by atoms with Crippen molar-refractivity contribution in [2.45, 2.75) is 13.3 Å². The molecule has 0 unspecified atom stereocenters. The van der Waals surface area contributed by atoms with Gasteiger partial charge in [-0.3, -0.25) is 0 Å². The Hall–Kier alpha value is -2.01. The molecule has 0 N–H and O–H groups in total. The molecule has 0 aliphatic rings. The van der Waals surface area contributed by atoms with Crippen molar-refractivity contribution in [1.82, 2.24) is 0 Å². The molecule has 0 saturated carbocycles. The SMILES string of the molecule is C=CC#CCc1ccc(C(=O)OCC)cc1. The number of allylic oxidation sites excluding steroid dienone is 1. The molecule has 0 bridgehead atoms. The fourth-order valence-corrected chi connectivity index (χ4v) is 1.20. The molecule has 0 amide bonds. The largest absolute Gasteiger partial charge is 0.462 e. The van der Waals surface area contributed by atoms with E-state index in [0.717, 1.165) is 5.56 Å². The average molecular weight is 214 g/mol.